The molecule has 1 fully saturated rings. The second-order valence-electron chi connectivity index (χ2n) is 5.88. The van der Waals surface area contributed by atoms with Crippen LogP contribution in [0.3, 0.4) is 0 Å². The Morgan fingerprint density at radius 2 is 2.00 bits per heavy atom. The zero-order valence-corrected chi connectivity index (χ0v) is 13.6. The molecule has 1 saturated heterocycles. The molecule has 126 valence electrons. The Kier molecular flexibility index (Phi) is 6.40. The van der Waals surface area contributed by atoms with Crippen LogP contribution in [0.25, 0.3) is 0 Å². The number of amides is 2. The molecule has 0 spiro atoms. The molecule has 2 amide bonds. The molecule has 23 heavy (non-hydrogen) atoms. The second-order valence-corrected chi connectivity index (χ2v) is 5.88. The van der Waals surface area contributed by atoms with E-state index in [0.29, 0.717) is 17.2 Å². The van der Waals surface area contributed by atoms with Gasteiger partial charge in [0.2, 0.25) is 0 Å². The van der Waals surface area contributed by atoms with Gasteiger partial charge in [-0.05, 0) is 50.9 Å². The summed E-state index contributed by atoms with van der Waals surface area (Å²) in [7, 11) is 1.96. The summed E-state index contributed by atoms with van der Waals surface area (Å²) in [6.45, 7) is 2.31. The molecule has 0 unspecified atom stereocenters. The van der Waals surface area contributed by atoms with E-state index < -0.39 is 5.91 Å². The molecule has 6 heteroatoms. The number of para-hydroxylation sites is 1. The van der Waals surface area contributed by atoms with Crippen molar-refractivity contribution in [3.63, 3.8) is 0 Å². The summed E-state index contributed by atoms with van der Waals surface area (Å²) >= 11 is 0. The van der Waals surface area contributed by atoms with Gasteiger partial charge in [-0.1, -0.05) is 12.1 Å². The molecule has 3 N–H and O–H groups in total. The zero-order valence-electron chi connectivity index (χ0n) is 13.6. The normalized spacial score (nSPS) is 15.4. The standard InChI is InChI=1S/C17H25N3O3/c1-19-9-6-13-7-10-20(11-8-13)17(22)14-4-2-3-5-15(14)23-12-16(18)21/h2-5,13,19H,6-12H2,1H3,(H2,18,21). The summed E-state index contributed by atoms with van der Waals surface area (Å²) in [5.74, 6) is 0.483. The molecule has 0 radical (unpaired) electrons. The van der Waals surface area contributed by atoms with E-state index in [-0.39, 0.29) is 12.5 Å². The van der Waals surface area contributed by atoms with Gasteiger partial charge in [0.05, 0.1) is 5.56 Å². The molecule has 1 heterocycles. The number of hydrogen-bond acceptors (Lipinski definition) is 4. The lowest BCUT2D eigenvalue weighted by molar-refractivity contribution is -0.119. The maximum absolute atomic E-state index is 12.7. The van der Waals surface area contributed by atoms with Gasteiger partial charge < -0.3 is 20.7 Å². The van der Waals surface area contributed by atoms with E-state index in [9.17, 15) is 9.59 Å². The van der Waals surface area contributed by atoms with Crippen molar-refractivity contribution in [1.82, 2.24) is 10.2 Å². The van der Waals surface area contributed by atoms with Gasteiger partial charge in [-0.2, -0.15) is 0 Å². The molecule has 1 aromatic carbocycles. The average Bonchev–Trinajstić information content (AvgIpc) is 2.58. The number of ether oxygens (including phenoxy) is 1. The molecule has 0 atom stereocenters. The SMILES string of the molecule is CNCCC1CCN(C(=O)c2ccccc2OCC(N)=O)CC1. The van der Waals surface area contributed by atoms with E-state index in [1.54, 1.807) is 24.3 Å². The number of carbonyl (C=O) groups excluding carboxylic acids is 2. The maximum atomic E-state index is 12.7. The van der Waals surface area contributed by atoms with Crippen molar-refractivity contribution in [3.8, 4) is 5.75 Å². The highest BCUT2D eigenvalue weighted by Crippen LogP contribution is 2.25. The van der Waals surface area contributed by atoms with Crippen LogP contribution in [0.1, 0.15) is 29.6 Å². The number of rotatable bonds is 7. The summed E-state index contributed by atoms with van der Waals surface area (Å²) in [6.07, 6.45) is 3.20. The number of carbonyl (C=O) groups is 2. The lowest BCUT2D eigenvalue weighted by atomic mass is 9.93. The molecule has 1 aromatic rings. The molecule has 0 aliphatic carbocycles. The van der Waals surface area contributed by atoms with Crippen molar-refractivity contribution in [1.29, 1.82) is 0 Å². The van der Waals surface area contributed by atoms with Crippen LogP contribution in [0.2, 0.25) is 0 Å². The van der Waals surface area contributed by atoms with Crippen molar-refractivity contribution >= 4 is 11.8 Å². The average molecular weight is 319 g/mol. The Balaban J connectivity index is 1.97. The van der Waals surface area contributed by atoms with Crippen LogP contribution in [0.4, 0.5) is 0 Å². The van der Waals surface area contributed by atoms with Crippen LogP contribution in [0.5, 0.6) is 5.75 Å². The summed E-state index contributed by atoms with van der Waals surface area (Å²) in [6, 6.07) is 6.99. The number of likely N-dealkylation sites (tertiary alicyclic amines) is 1. The summed E-state index contributed by atoms with van der Waals surface area (Å²) in [5, 5.41) is 3.17. The molecule has 6 nitrogen and oxygen atoms in total. The molecule has 2 rings (SSSR count). The highest BCUT2D eigenvalue weighted by molar-refractivity contribution is 5.97. The van der Waals surface area contributed by atoms with E-state index in [2.05, 4.69) is 5.32 Å². The Morgan fingerprint density at radius 1 is 1.30 bits per heavy atom. The fourth-order valence-corrected chi connectivity index (χ4v) is 2.86. The van der Waals surface area contributed by atoms with Gasteiger partial charge in [-0.25, -0.2) is 0 Å². The monoisotopic (exact) mass is 319 g/mol. The van der Waals surface area contributed by atoms with Crippen LogP contribution < -0.4 is 15.8 Å². The van der Waals surface area contributed by atoms with Crippen molar-refractivity contribution in [2.24, 2.45) is 11.7 Å². The number of primary amides is 1. The number of nitrogens with one attached hydrogen (secondary N) is 1. The third-order valence-corrected chi connectivity index (χ3v) is 4.19. The van der Waals surface area contributed by atoms with Crippen molar-refractivity contribution < 1.29 is 14.3 Å². The zero-order chi connectivity index (χ0) is 16.7. The number of hydrogen-bond donors (Lipinski definition) is 2. The molecular weight excluding hydrogens is 294 g/mol. The molecule has 0 bridgehead atoms. The first kappa shape index (κ1) is 17.3. The number of nitrogens with two attached hydrogens (primary N) is 1. The van der Waals surface area contributed by atoms with Crippen LogP contribution in [-0.2, 0) is 4.79 Å². The van der Waals surface area contributed by atoms with E-state index in [0.717, 1.165) is 38.9 Å². The third-order valence-electron chi connectivity index (χ3n) is 4.19. The predicted octanol–water partition coefficient (Wildman–Crippen LogP) is 1.01. The first-order valence-electron chi connectivity index (χ1n) is 8.05. The number of benzene rings is 1. The number of nitrogens with zero attached hydrogens (tertiary/aromatic N) is 1. The molecule has 1 aliphatic rings. The van der Waals surface area contributed by atoms with Gasteiger partial charge in [0.15, 0.2) is 6.61 Å². The quantitative estimate of drug-likeness (QED) is 0.785. The van der Waals surface area contributed by atoms with Gasteiger partial charge in [-0.15, -0.1) is 0 Å². The minimum atomic E-state index is -0.558. The van der Waals surface area contributed by atoms with E-state index in [4.69, 9.17) is 10.5 Å². The van der Waals surface area contributed by atoms with Gasteiger partial charge >= 0.3 is 0 Å². The van der Waals surface area contributed by atoms with E-state index >= 15 is 0 Å². The minimum Gasteiger partial charge on any atom is -0.483 e. The summed E-state index contributed by atoms with van der Waals surface area (Å²) in [5.41, 5.74) is 5.59. The molecular formula is C17H25N3O3. The summed E-state index contributed by atoms with van der Waals surface area (Å²) in [4.78, 5) is 25.4. The summed E-state index contributed by atoms with van der Waals surface area (Å²) < 4.78 is 5.35. The lowest BCUT2D eigenvalue weighted by Gasteiger charge is -2.32. The first-order chi connectivity index (χ1) is 11.1. The highest BCUT2D eigenvalue weighted by Gasteiger charge is 2.25. The second kappa shape index (κ2) is 8.53. The third kappa shape index (κ3) is 4.96. The Bertz CT molecular complexity index is 540. The van der Waals surface area contributed by atoms with Gasteiger partial charge in [-0.3, -0.25) is 9.59 Å². The fourth-order valence-electron chi connectivity index (χ4n) is 2.86. The van der Waals surface area contributed by atoms with Crippen LogP contribution in [-0.4, -0.2) is 50.0 Å². The molecule has 1 aliphatic heterocycles. The van der Waals surface area contributed by atoms with Crippen LogP contribution in [0, 0.1) is 5.92 Å². The molecule has 0 saturated carbocycles. The van der Waals surface area contributed by atoms with E-state index in [1.165, 1.54) is 0 Å². The van der Waals surface area contributed by atoms with Crippen molar-refractivity contribution in [2.75, 3.05) is 33.3 Å². The van der Waals surface area contributed by atoms with Gasteiger partial charge in [0.1, 0.15) is 5.75 Å². The highest BCUT2D eigenvalue weighted by atomic mass is 16.5. The Hall–Kier alpha value is -2.08. The maximum Gasteiger partial charge on any atom is 0.257 e. The first-order valence-corrected chi connectivity index (χ1v) is 8.05. The van der Waals surface area contributed by atoms with Crippen molar-refractivity contribution in [2.45, 2.75) is 19.3 Å². The Morgan fingerprint density at radius 3 is 2.65 bits per heavy atom. The van der Waals surface area contributed by atoms with Gasteiger partial charge in [0, 0.05) is 13.1 Å². The Labute approximate surface area is 137 Å². The minimum absolute atomic E-state index is 0.0443. The lowest BCUT2D eigenvalue weighted by Crippen LogP contribution is -2.39. The largest absolute Gasteiger partial charge is 0.483 e. The van der Waals surface area contributed by atoms with E-state index in [1.807, 2.05) is 11.9 Å². The molecule has 0 aromatic heterocycles. The smallest absolute Gasteiger partial charge is 0.257 e. The van der Waals surface area contributed by atoms with Crippen molar-refractivity contribution in [3.05, 3.63) is 29.8 Å². The predicted molar refractivity (Wildman–Crippen MR) is 88.3 cm³/mol. The van der Waals surface area contributed by atoms with Crippen LogP contribution in [0.15, 0.2) is 24.3 Å². The van der Waals surface area contributed by atoms with Gasteiger partial charge in [0.25, 0.3) is 11.8 Å². The van der Waals surface area contributed by atoms with Crippen LogP contribution >= 0.6 is 0 Å². The fraction of sp³-hybridized carbons (Fsp3) is 0.529. The topological polar surface area (TPSA) is 84.7 Å². The number of piperidine rings is 1.